The van der Waals surface area contributed by atoms with E-state index in [1.165, 1.54) is 30.3 Å². The van der Waals surface area contributed by atoms with Gasteiger partial charge in [0.25, 0.3) is 5.89 Å². The van der Waals surface area contributed by atoms with Crippen molar-refractivity contribution in [2.75, 3.05) is 5.32 Å². The number of fused-ring (bicyclic) bond motifs is 1. The lowest BCUT2D eigenvalue weighted by atomic mass is 9.86. The fraction of sp³-hybridized carbons (Fsp3) is 0.273. The van der Waals surface area contributed by atoms with Crippen molar-refractivity contribution in [3.05, 3.63) is 48.0 Å². The summed E-state index contributed by atoms with van der Waals surface area (Å²) in [4.78, 5) is 18.7. The van der Waals surface area contributed by atoms with Gasteiger partial charge < -0.3 is 24.6 Å². The molecule has 1 aliphatic carbocycles. The summed E-state index contributed by atoms with van der Waals surface area (Å²) in [5, 5.41) is 20.0. The Balaban J connectivity index is 1.38. The first-order valence-corrected chi connectivity index (χ1v) is 10.4. The first-order chi connectivity index (χ1) is 16.0. The second-order valence-corrected chi connectivity index (χ2v) is 7.79. The van der Waals surface area contributed by atoms with E-state index in [4.69, 9.17) is 9.15 Å². The van der Waals surface area contributed by atoms with Crippen LogP contribution in [0, 0.1) is 17.6 Å². The van der Waals surface area contributed by atoms with Crippen LogP contribution in [-0.2, 0) is 4.79 Å². The fourth-order valence-corrected chi connectivity index (χ4v) is 3.93. The van der Waals surface area contributed by atoms with Crippen molar-refractivity contribution >= 4 is 28.7 Å². The van der Waals surface area contributed by atoms with Crippen molar-refractivity contribution in [1.82, 2.24) is 20.2 Å². The highest BCUT2D eigenvalue weighted by molar-refractivity contribution is 5.80. The van der Waals surface area contributed by atoms with Gasteiger partial charge in [0.15, 0.2) is 17.4 Å². The fourth-order valence-electron chi connectivity index (χ4n) is 3.93. The van der Waals surface area contributed by atoms with Gasteiger partial charge in [-0.05, 0) is 55.7 Å². The van der Waals surface area contributed by atoms with Crippen LogP contribution in [-0.4, -0.2) is 37.3 Å². The largest absolute Gasteiger partial charge is 0.486 e. The molecule has 0 bridgehead atoms. The Morgan fingerprint density at radius 3 is 2.70 bits per heavy atom. The number of hydrogen-bond donors (Lipinski definition) is 3. The van der Waals surface area contributed by atoms with E-state index in [2.05, 4.69) is 25.5 Å². The molecule has 9 nitrogen and oxygen atoms in total. The molecule has 1 aliphatic rings. The molecule has 2 aromatic carbocycles. The molecule has 170 valence electrons. The number of ether oxygens (including phenoxy) is 1. The maximum atomic E-state index is 15.1. The number of aromatic amines is 1. The minimum absolute atomic E-state index is 0.0106. The number of carboxylic acids is 1. The number of hydrogen-bond acceptors (Lipinski definition) is 7. The monoisotopic (exact) mass is 455 g/mol. The Morgan fingerprint density at radius 1 is 1.12 bits per heavy atom. The van der Waals surface area contributed by atoms with Crippen LogP contribution in [0.4, 0.5) is 20.5 Å². The average Bonchev–Trinajstić information content (AvgIpc) is 3.45. The third kappa shape index (κ3) is 4.21. The molecule has 1 fully saturated rings. The van der Waals surface area contributed by atoms with E-state index in [1.54, 1.807) is 6.07 Å². The van der Waals surface area contributed by atoms with Gasteiger partial charge in [0, 0.05) is 5.69 Å². The molecule has 0 spiro atoms. The van der Waals surface area contributed by atoms with Gasteiger partial charge in [0.2, 0.25) is 0 Å². The van der Waals surface area contributed by atoms with Gasteiger partial charge in [-0.1, -0.05) is 11.5 Å². The van der Waals surface area contributed by atoms with E-state index in [0.717, 1.165) is 12.8 Å². The number of carboxylic acid groups (broad SMARTS) is 1. The molecule has 0 aliphatic heterocycles. The Bertz CT molecular complexity index is 1300. The number of nitrogens with one attached hydrogen (secondary N) is 2. The number of nitrogens with zero attached hydrogens (tertiary/aromatic N) is 3. The molecule has 5 rings (SSSR count). The predicted octanol–water partition coefficient (Wildman–Crippen LogP) is 4.66. The third-order valence-corrected chi connectivity index (χ3v) is 5.58. The van der Waals surface area contributed by atoms with Crippen molar-refractivity contribution in [2.24, 2.45) is 5.92 Å². The zero-order chi connectivity index (χ0) is 22.9. The predicted molar refractivity (Wildman–Crippen MR) is 113 cm³/mol. The lowest BCUT2D eigenvalue weighted by molar-refractivity contribution is -0.146. The summed E-state index contributed by atoms with van der Waals surface area (Å²) >= 11 is 0. The maximum Gasteiger partial charge on any atom is 0.320 e. The number of aliphatic carboxylic acids is 1. The number of rotatable bonds is 6. The Hall–Kier alpha value is -4.02. The van der Waals surface area contributed by atoms with E-state index in [9.17, 15) is 14.3 Å². The summed E-state index contributed by atoms with van der Waals surface area (Å²) in [6.45, 7) is 0. The smallest absolute Gasteiger partial charge is 0.320 e. The number of carbonyl (C=O) groups is 1. The van der Waals surface area contributed by atoms with Crippen molar-refractivity contribution in [2.45, 2.75) is 31.8 Å². The second kappa shape index (κ2) is 8.49. The standard InChI is InChI=1S/C22H19F2N5O4/c23-11-5-7-12(8-6-11)25-22-29-28-20(33-22)19-26-14-9-10-16(17(24)18(14)27-19)32-15-4-2-1-3-13(15)21(30)31/h5-10,13,15H,1-4H2,(H,25,29)(H,26,27)(H,30,31). The van der Waals surface area contributed by atoms with Gasteiger partial charge in [-0.2, -0.15) is 0 Å². The van der Waals surface area contributed by atoms with Gasteiger partial charge in [0.1, 0.15) is 17.4 Å². The molecule has 33 heavy (non-hydrogen) atoms. The molecule has 2 aromatic heterocycles. The summed E-state index contributed by atoms with van der Waals surface area (Å²) in [7, 11) is 0. The van der Waals surface area contributed by atoms with Gasteiger partial charge in [0.05, 0.1) is 11.4 Å². The summed E-state index contributed by atoms with van der Waals surface area (Å²) < 4.78 is 39.5. The number of H-pyrrole nitrogens is 1. The van der Waals surface area contributed by atoms with Crippen LogP contribution in [0.25, 0.3) is 22.7 Å². The topological polar surface area (TPSA) is 126 Å². The normalized spacial score (nSPS) is 18.4. The molecule has 0 radical (unpaired) electrons. The zero-order valence-corrected chi connectivity index (χ0v) is 17.2. The Labute approximate surface area is 185 Å². The zero-order valence-electron chi connectivity index (χ0n) is 17.2. The molecule has 4 aromatic rings. The molecule has 3 N–H and O–H groups in total. The van der Waals surface area contributed by atoms with Gasteiger partial charge in [-0.25, -0.2) is 13.8 Å². The third-order valence-electron chi connectivity index (χ3n) is 5.58. The lowest BCUT2D eigenvalue weighted by Crippen LogP contribution is -2.35. The first kappa shape index (κ1) is 20.9. The second-order valence-electron chi connectivity index (χ2n) is 7.79. The van der Waals surface area contributed by atoms with Crippen LogP contribution in [0.15, 0.2) is 40.8 Å². The SMILES string of the molecule is O=C(O)C1CCCCC1Oc1ccc2[nH]c(-c3nnc(Nc4ccc(F)cc4)o3)nc2c1F. The number of anilines is 2. The van der Waals surface area contributed by atoms with Gasteiger partial charge in [-0.3, -0.25) is 4.79 Å². The molecular formula is C22H19F2N5O4. The van der Waals surface area contributed by atoms with E-state index < -0.39 is 23.8 Å². The Kier molecular flexibility index (Phi) is 5.37. The van der Waals surface area contributed by atoms with Crippen LogP contribution < -0.4 is 10.1 Å². The number of halogens is 2. The summed E-state index contributed by atoms with van der Waals surface area (Å²) in [6.07, 6.45) is 2.09. The van der Waals surface area contributed by atoms with Gasteiger partial charge in [-0.15, -0.1) is 5.10 Å². The molecule has 2 atom stereocenters. The van der Waals surface area contributed by atoms with E-state index >= 15 is 4.39 Å². The molecule has 2 unspecified atom stereocenters. The molecule has 1 saturated carbocycles. The van der Waals surface area contributed by atoms with Crippen molar-refractivity contribution in [1.29, 1.82) is 0 Å². The van der Waals surface area contributed by atoms with Crippen LogP contribution in [0.3, 0.4) is 0 Å². The maximum absolute atomic E-state index is 15.1. The first-order valence-electron chi connectivity index (χ1n) is 10.4. The highest BCUT2D eigenvalue weighted by Crippen LogP contribution is 2.33. The lowest BCUT2D eigenvalue weighted by Gasteiger charge is -2.29. The van der Waals surface area contributed by atoms with E-state index in [0.29, 0.717) is 24.0 Å². The van der Waals surface area contributed by atoms with Crippen LogP contribution >= 0.6 is 0 Å². The van der Waals surface area contributed by atoms with Crippen LogP contribution in [0.1, 0.15) is 25.7 Å². The number of aromatic nitrogens is 4. The minimum Gasteiger partial charge on any atom is -0.486 e. The van der Waals surface area contributed by atoms with Gasteiger partial charge >= 0.3 is 12.0 Å². The molecule has 0 saturated heterocycles. The van der Waals surface area contributed by atoms with E-state index in [-0.39, 0.29) is 34.8 Å². The average molecular weight is 455 g/mol. The highest BCUT2D eigenvalue weighted by atomic mass is 19.1. The van der Waals surface area contributed by atoms with Crippen LogP contribution in [0.2, 0.25) is 0 Å². The highest BCUT2D eigenvalue weighted by Gasteiger charge is 2.33. The van der Waals surface area contributed by atoms with Crippen molar-refractivity contribution in [3.8, 4) is 17.5 Å². The quantitative estimate of drug-likeness (QED) is 0.383. The molecule has 11 heteroatoms. The number of benzene rings is 2. The van der Waals surface area contributed by atoms with E-state index in [1.807, 2.05) is 0 Å². The Morgan fingerprint density at radius 2 is 1.91 bits per heavy atom. The number of imidazole rings is 1. The summed E-state index contributed by atoms with van der Waals surface area (Å²) in [6, 6.07) is 8.69. The van der Waals surface area contributed by atoms with Crippen molar-refractivity contribution < 1.29 is 27.8 Å². The minimum atomic E-state index is -0.940. The summed E-state index contributed by atoms with van der Waals surface area (Å²) in [5.74, 6) is -2.56. The van der Waals surface area contributed by atoms with Crippen LogP contribution in [0.5, 0.6) is 5.75 Å². The van der Waals surface area contributed by atoms with Crippen molar-refractivity contribution in [3.63, 3.8) is 0 Å². The molecular weight excluding hydrogens is 436 g/mol. The molecule has 2 heterocycles. The summed E-state index contributed by atoms with van der Waals surface area (Å²) in [5.41, 5.74) is 0.947. The molecule has 0 amide bonds.